The van der Waals surface area contributed by atoms with Gasteiger partial charge in [-0.05, 0) is 47.8 Å². The molecule has 0 atom stereocenters. The van der Waals surface area contributed by atoms with Crippen LogP contribution in [0.5, 0.6) is 0 Å². The summed E-state index contributed by atoms with van der Waals surface area (Å²) in [5.41, 5.74) is 2.44. The highest BCUT2D eigenvalue weighted by Gasteiger charge is 2.33. The lowest BCUT2D eigenvalue weighted by Gasteiger charge is -2.00. The van der Waals surface area contributed by atoms with Gasteiger partial charge < -0.3 is 9.52 Å². The Morgan fingerprint density at radius 2 is 2.21 bits per heavy atom. The van der Waals surface area contributed by atoms with Crippen LogP contribution >= 0.6 is 15.9 Å². The number of aromatic carboxylic acids is 1. The summed E-state index contributed by atoms with van der Waals surface area (Å²) in [6.45, 7) is 1.97. The van der Waals surface area contributed by atoms with Crippen LogP contribution in [-0.2, 0) is 0 Å². The van der Waals surface area contributed by atoms with Crippen LogP contribution in [-0.4, -0.2) is 16.1 Å². The van der Waals surface area contributed by atoms with Crippen LogP contribution in [0.2, 0.25) is 0 Å². The Hall–Kier alpha value is -1.62. The molecule has 1 aromatic heterocycles. The summed E-state index contributed by atoms with van der Waals surface area (Å²) in [5.74, 6) is -0.461. The summed E-state index contributed by atoms with van der Waals surface area (Å²) >= 11 is 3.44. The molecule has 2 aromatic rings. The van der Waals surface area contributed by atoms with E-state index in [-0.39, 0.29) is 11.7 Å². The maximum absolute atomic E-state index is 11.2. The van der Waals surface area contributed by atoms with E-state index in [1.807, 2.05) is 25.1 Å². The minimum Gasteiger partial charge on any atom is -0.475 e. The Labute approximate surface area is 118 Å². The van der Waals surface area contributed by atoms with Crippen molar-refractivity contribution < 1.29 is 14.3 Å². The first-order chi connectivity index (χ1) is 9.06. The number of carboxylic acids is 1. The molecule has 1 N–H and O–H groups in total. The van der Waals surface area contributed by atoms with Gasteiger partial charge in [0.15, 0.2) is 0 Å². The van der Waals surface area contributed by atoms with Crippen LogP contribution in [0.25, 0.3) is 11.5 Å². The van der Waals surface area contributed by atoms with Gasteiger partial charge in [-0.3, -0.25) is 0 Å². The van der Waals surface area contributed by atoms with E-state index in [9.17, 15) is 9.90 Å². The standard InChI is InChI=1S/C14H12BrNO3/c1-7-2-5-10(15)9(6-7)13-16-11(8-3-4-8)12(19-13)14(17)18/h2,5-6,8H,3-4H2,1H3,(H,17,18). The summed E-state index contributed by atoms with van der Waals surface area (Å²) in [6, 6.07) is 5.81. The van der Waals surface area contributed by atoms with E-state index in [0.29, 0.717) is 11.6 Å². The second-order valence-electron chi connectivity index (χ2n) is 4.80. The van der Waals surface area contributed by atoms with Gasteiger partial charge in [0.05, 0.1) is 11.3 Å². The largest absolute Gasteiger partial charge is 0.475 e. The fraction of sp³-hybridized carbons (Fsp3) is 0.286. The molecule has 0 saturated heterocycles. The van der Waals surface area contributed by atoms with Crippen LogP contribution in [0.15, 0.2) is 27.1 Å². The highest BCUT2D eigenvalue weighted by Crippen LogP contribution is 2.43. The lowest BCUT2D eigenvalue weighted by molar-refractivity contribution is 0.0661. The molecule has 1 saturated carbocycles. The molecule has 19 heavy (non-hydrogen) atoms. The lowest BCUT2D eigenvalue weighted by atomic mass is 10.1. The molecule has 1 aliphatic rings. The van der Waals surface area contributed by atoms with Gasteiger partial charge in [0.2, 0.25) is 11.7 Å². The smallest absolute Gasteiger partial charge is 0.373 e. The third kappa shape index (κ3) is 2.30. The lowest BCUT2D eigenvalue weighted by Crippen LogP contribution is -1.98. The van der Waals surface area contributed by atoms with Crippen LogP contribution in [0.1, 0.15) is 40.6 Å². The van der Waals surface area contributed by atoms with E-state index < -0.39 is 5.97 Å². The third-order valence-corrected chi connectivity index (χ3v) is 3.86. The first-order valence-electron chi connectivity index (χ1n) is 6.07. The maximum Gasteiger partial charge on any atom is 0.373 e. The Balaban J connectivity index is 2.12. The van der Waals surface area contributed by atoms with Gasteiger partial charge in [0.25, 0.3) is 0 Å². The summed E-state index contributed by atoms with van der Waals surface area (Å²) in [4.78, 5) is 15.6. The van der Waals surface area contributed by atoms with E-state index in [1.54, 1.807) is 0 Å². The molecule has 1 aliphatic carbocycles. The highest BCUT2D eigenvalue weighted by molar-refractivity contribution is 9.10. The molecule has 4 nitrogen and oxygen atoms in total. The number of nitrogens with zero attached hydrogens (tertiary/aromatic N) is 1. The second-order valence-corrected chi connectivity index (χ2v) is 5.65. The molecule has 0 unspecified atom stereocenters. The molecule has 5 heteroatoms. The number of carbonyl (C=O) groups is 1. The third-order valence-electron chi connectivity index (χ3n) is 3.16. The first-order valence-corrected chi connectivity index (χ1v) is 6.86. The van der Waals surface area contributed by atoms with Crippen LogP contribution in [0, 0.1) is 6.92 Å². The number of oxazole rings is 1. The molecule has 0 spiro atoms. The van der Waals surface area contributed by atoms with Crippen molar-refractivity contribution >= 4 is 21.9 Å². The molecule has 3 rings (SSSR count). The molecule has 0 amide bonds. The number of halogens is 1. The van der Waals surface area contributed by atoms with E-state index in [1.165, 1.54) is 0 Å². The van der Waals surface area contributed by atoms with Crippen molar-refractivity contribution in [3.8, 4) is 11.5 Å². The first kappa shape index (κ1) is 12.4. The van der Waals surface area contributed by atoms with Crippen molar-refractivity contribution in [3.63, 3.8) is 0 Å². The summed E-state index contributed by atoms with van der Waals surface area (Å²) in [7, 11) is 0. The average molecular weight is 322 g/mol. The van der Waals surface area contributed by atoms with Crippen molar-refractivity contribution in [2.75, 3.05) is 0 Å². The summed E-state index contributed by atoms with van der Waals surface area (Å²) in [5, 5.41) is 9.18. The van der Waals surface area contributed by atoms with Gasteiger partial charge in [-0.15, -0.1) is 0 Å². The van der Waals surface area contributed by atoms with E-state index in [2.05, 4.69) is 20.9 Å². The van der Waals surface area contributed by atoms with E-state index in [0.717, 1.165) is 28.4 Å². The molecule has 1 aromatic carbocycles. The quantitative estimate of drug-likeness (QED) is 0.928. The molecular weight excluding hydrogens is 310 g/mol. The van der Waals surface area contributed by atoms with E-state index in [4.69, 9.17) is 4.42 Å². The Bertz CT molecular complexity index is 659. The fourth-order valence-corrected chi connectivity index (χ4v) is 2.45. The fourth-order valence-electron chi connectivity index (χ4n) is 2.04. The van der Waals surface area contributed by atoms with Gasteiger partial charge in [-0.2, -0.15) is 0 Å². The summed E-state index contributed by atoms with van der Waals surface area (Å²) < 4.78 is 6.30. The number of rotatable bonds is 3. The van der Waals surface area contributed by atoms with Crippen LogP contribution in [0.4, 0.5) is 0 Å². The number of carboxylic acid groups (broad SMARTS) is 1. The molecule has 0 radical (unpaired) electrons. The van der Waals surface area contributed by atoms with Crippen LogP contribution in [0.3, 0.4) is 0 Å². The van der Waals surface area contributed by atoms with Crippen molar-refractivity contribution in [1.82, 2.24) is 4.98 Å². The normalized spacial score (nSPS) is 14.6. The number of benzene rings is 1. The summed E-state index contributed by atoms with van der Waals surface area (Å²) in [6.07, 6.45) is 1.97. The predicted octanol–water partition coefficient (Wildman–Crippen LogP) is 3.99. The van der Waals surface area contributed by atoms with Crippen LogP contribution < -0.4 is 0 Å². The Morgan fingerprint density at radius 3 is 2.84 bits per heavy atom. The van der Waals surface area contributed by atoms with Crippen molar-refractivity contribution in [1.29, 1.82) is 0 Å². The number of aromatic nitrogens is 1. The zero-order valence-electron chi connectivity index (χ0n) is 10.3. The van der Waals surface area contributed by atoms with Gasteiger partial charge >= 0.3 is 5.97 Å². The maximum atomic E-state index is 11.2. The van der Waals surface area contributed by atoms with Crippen molar-refractivity contribution in [2.24, 2.45) is 0 Å². The zero-order valence-corrected chi connectivity index (χ0v) is 11.9. The molecule has 1 fully saturated rings. The van der Waals surface area contributed by atoms with E-state index >= 15 is 0 Å². The highest BCUT2D eigenvalue weighted by atomic mass is 79.9. The monoisotopic (exact) mass is 321 g/mol. The van der Waals surface area contributed by atoms with Gasteiger partial charge in [-0.1, -0.05) is 11.6 Å². The number of hydrogen-bond donors (Lipinski definition) is 1. The molecule has 98 valence electrons. The van der Waals surface area contributed by atoms with Gasteiger partial charge in [0.1, 0.15) is 0 Å². The molecular formula is C14H12BrNO3. The molecule has 0 aliphatic heterocycles. The topological polar surface area (TPSA) is 63.3 Å². The second kappa shape index (κ2) is 4.49. The van der Waals surface area contributed by atoms with Crippen molar-refractivity contribution in [2.45, 2.75) is 25.7 Å². The zero-order chi connectivity index (χ0) is 13.6. The SMILES string of the molecule is Cc1ccc(Br)c(-c2nc(C3CC3)c(C(=O)O)o2)c1. The van der Waals surface area contributed by atoms with Crippen molar-refractivity contribution in [3.05, 3.63) is 39.7 Å². The van der Waals surface area contributed by atoms with Gasteiger partial charge in [-0.25, -0.2) is 9.78 Å². The molecule has 0 bridgehead atoms. The predicted molar refractivity (Wildman–Crippen MR) is 73.3 cm³/mol. The van der Waals surface area contributed by atoms with Gasteiger partial charge in [0, 0.05) is 10.4 Å². The number of hydrogen-bond acceptors (Lipinski definition) is 3. The Kier molecular flexibility index (Phi) is 2.93. The minimum atomic E-state index is -1.05. The molecule has 1 heterocycles. The minimum absolute atomic E-state index is 0.0223. The number of aryl methyl sites for hydroxylation is 1. The Morgan fingerprint density at radius 1 is 1.47 bits per heavy atom. The average Bonchev–Trinajstić information content (AvgIpc) is 3.11.